The van der Waals surface area contributed by atoms with Crippen LogP contribution in [0.4, 0.5) is 5.69 Å². The summed E-state index contributed by atoms with van der Waals surface area (Å²) in [6.45, 7) is 3.97. The largest absolute Gasteiger partial charge is 0.486 e. The van der Waals surface area contributed by atoms with Gasteiger partial charge in [0, 0.05) is 24.9 Å². The summed E-state index contributed by atoms with van der Waals surface area (Å²) in [4.78, 5) is 11.9. The fourth-order valence-electron chi connectivity index (χ4n) is 2.09. The van der Waals surface area contributed by atoms with Gasteiger partial charge in [0.25, 0.3) is 0 Å². The van der Waals surface area contributed by atoms with Gasteiger partial charge in [-0.25, -0.2) is 0 Å². The van der Waals surface area contributed by atoms with Crippen molar-refractivity contribution in [2.75, 3.05) is 38.8 Å². The predicted molar refractivity (Wildman–Crippen MR) is 80.0 cm³/mol. The lowest BCUT2D eigenvalue weighted by atomic mass is 10.2. The standard InChI is InChI=1S/C15H22N2O4/c1-3-11(10-19-2)16-9-15(18)17-12-4-5-13-14(8-12)21-7-6-20-13/h4-5,8,11,16H,3,6-7,9-10H2,1-2H3,(H,17,18). The van der Waals surface area contributed by atoms with Crippen molar-refractivity contribution in [3.05, 3.63) is 18.2 Å². The minimum absolute atomic E-state index is 0.0961. The van der Waals surface area contributed by atoms with Gasteiger partial charge in [-0.3, -0.25) is 4.79 Å². The van der Waals surface area contributed by atoms with E-state index in [1.807, 2.05) is 0 Å². The Kier molecular flexibility index (Phi) is 5.83. The van der Waals surface area contributed by atoms with Gasteiger partial charge in [-0.1, -0.05) is 6.92 Å². The van der Waals surface area contributed by atoms with Gasteiger partial charge >= 0.3 is 0 Å². The molecule has 1 aliphatic rings. The number of carbonyl (C=O) groups is 1. The van der Waals surface area contributed by atoms with Crippen LogP contribution in [0.2, 0.25) is 0 Å². The Morgan fingerprint density at radius 2 is 2.10 bits per heavy atom. The van der Waals surface area contributed by atoms with E-state index in [0.717, 1.165) is 6.42 Å². The third kappa shape index (κ3) is 4.61. The lowest BCUT2D eigenvalue weighted by molar-refractivity contribution is -0.115. The molecule has 21 heavy (non-hydrogen) atoms. The van der Waals surface area contributed by atoms with Crippen LogP contribution in [0, 0.1) is 0 Å². The van der Waals surface area contributed by atoms with Crippen LogP contribution < -0.4 is 20.1 Å². The number of methoxy groups -OCH3 is 1. The number of hydrogen-bond acceptors (Lipinski definition) is 5. The molecule has 0 aliphatic carbocycles. The first kappa shape index (κ1) is 15.6. The molecule has 0 spiro atoms. The molecule has 1 aliphatic heterocycles. The summed E-state index contributed by atoms with van der Waals surface area (Å²) < 4.78 is 16.0. The van der Waals surface area contributed by atoms with Crippen LogP contribution >= 0.6 is 0 Å². The first-order chi connectivity index (χ1) is 10.2. The average Bonchev–Trinajstić information content (AvgIpc) is 2.51. The van der Waals surface area contributed by atoms with Crippen LogP contribution in [0.3, 0.4) is 0 Å². The minimum Gasteiger partial charge on any atom is -0.486 e. The summed E-state index contributed by atoms with van der Waals surface area (Å²) in [5.74, 6) is 1.28. The van der Waals surface area contributed by atoms with Crippen molar-refractivity contribution in [2.45, 2.75) is 19.4 Å². The van der Waals surface area contributed by atoms with Gasteiger partial charge in [0.2, 0.25) is 5.91 Å². The summed E-state index contributed by atoms with van der Waals surface area (Å²) in [6, 6.07) is 5.56. The summed E-state index contributed by atoms with van der Waals surface area (Å²) in [5.41, 5.74) is 0.700. The molecular weight excluding hydrogens is 272 g/mol. The maximum atomic E-state index is 11.9. The molecule has 0 saturated heterocycles. The van der Waals surface area contributed by atoms with E-state index in [1.165, 1.54) is 0 Å². The number of ether oxygens (including phenoxy) is 3. The van der Waals surface area contributed by atoms with Gasteiger partial charge < -0.3 is 24.8 Å². The van der Waals surface area contributed by atoms with Crippen LogP contribution in [0.5, 0.6) is 11.5 Å². The van der Waals surface area contributed by atoms with E-state index in [4.69, 9.17) is 14.2 Å². The maximum Gasteiger partial charge on any atom is 0.238 e. The minimum atomic E-state index is -0.0961. The molecule has 116 valence electrons. The van der Waals surface area contributed by atoms with Gasteiger partial charge in [0.15, 0.2) is 11.5 Å². The molecule has 1 atom stereocenters. The smallest absolute Gasteiger partial charge is 0.238 e. The zero-order valence-corrected chi connectivity index (χ0v) is 12.5. The Hall–Kier alpha value is -1.79. The fraction of sp³-hybridized carbons (Fsp3) is 0.533. The van der Waals surface area contributed by atoms with E-state index in [-0.39, 0.29) is 18.5 Å². The number of fused-ring (bicyclic) bond motifs is 1. The molecule has 6 heteroatoms. The van der Waals surface area contributed by atoms with E-state index in [0.29, 0.717) is 37.0 Å². The van der Waals surface area contributed by atoms with Crippen molar-refractivity contribution >= 4 is 11.6 Å². The molecule has 1 amide bonds. The van der Waals surface area contributed by atoms with E-state index < -0.39 is 0 Å². The fourth-order valence-corrected chi connectivity index (χ4v) is 2.09. The number of hydrogen-bond donors (Lipinski definition) is 2. The molecule has 1 aromatic carbocycles. The highest BCUT2D eigenvalue weighted by Crippen LogP contribution is 2.32. The molecule has 1 heterocycles. The van der Waals surface area contributed by atoms with Crippen LogP contribution in [-0.2, 0) is 9.53 Å². The van der Waals surface area contributed by atoms with Gasteiger partial charge in [0.1, 0.15) is 13.2 Å². The van der Waals surface area contributed by atoms with E-state index >= 15 is 0 Å². The average molecular weight is 294 g/mol. The first-order valence-corrected chi connectivity index (χ1v) is 7.14. The molecule has 0 bridgehead atoms. The summed E-state index contributed by atoms with van der Waals surface area (Å²) in [5, 5.41) is 6.00. The SMILES string of the molecule is CCC(COC)NCC(=O)Nc1ccc2c(c1)OCCO2. The zero-order valence-electron chi connectivity index (χ0n) is 12.5. The van der Waals surface area contributed by atoms with Crippen molar-refractivity contribution in [3.63, 3.8) is 0 Å². The van der Waals surface area contributed by atoms with Crippen molar-refractivity contribution in [2.24, 2.45) is 0 Å². The second-order valence-electron chi connectivity index (χ2n) is 4.85. The molecule has 0 saturated carbocycles. The molecule has 2 rings (SSSR count). The Morgan fingerprint density at radius 1 is 1.33 bits per heavy atom. The number of amides is 1. The molecule has 0 aromatic heterocycles. The third-order valence-corrected chi connectivity index (χ3v) is 3.24. The van der Waals surface area contributed by atoms with Crippen LogP contribution in [0.25, 0.3) is 0 Å². The van der Waals surface area contributed by atoms with E-state index in [1.54, 1.807) is 25.3 Å². The highest BCUT2D eigenvalue weighted by atomic mass is 16.6. The lowest BCUT2D eigenvalue weighted by Gasteiger charge is -2.19. The molecule has 0 radical (unpaired) electrons. The normalized spacial score (nSPS) is 14.6. The van der Waals surface area contributed by atoms with Gasteiger partial charge in [-0.05, 0) is 18.6 Å². The van der Waals surface area contributed by atoms with Crippen molar-refractivity contribution in [1.29, 1.82) is 0 Å². The highest BCUT2D eigenvalue weighted by Gasteiger charge is 2.13. The van der Waals surface area contributed by atoms with E-state index in [2.05, 4.69) is 17.6 Å². The number of carbonyl (C=O) groups excluding carboxylic acids is 1. The predicted octanol–water partition coefficient (Wildman–Crippen LogP) is 1.41. The number of anilines is 1. The Balaban J connectivity index is 1.85. The first-order valence-electron chi connectivity index (χ1n) is 7.14. The molecule has 6 nitrogen and oxygen atoms in total. The van der Waals surface area contributed by atoms with Crippen LogP contribution in [0.15, 0.2) is 18.2 Å². The lowest BCUT2D eigenvalue weighted by Crippen LogP contribution is -2.38. The molecule has 1 unspecified atom stereocenters. The second kappa shape index (κ2) is 7.85. The summed E-state index contributed by atoms with van der Waals surface area (Å²) in [7, 11) is 1.65. The monoisotopic (exact) mass is 294 g/mol. The quantitative estimate of drug-likeness (QED) is 0.796. The zero-order chi connectivity index (χ0) is 15.1. The van der Waals surface area contributed by atoms with Crippen molar-refractivity contribution < 1.29 is 19.0 Å². The maximum absolute atomic E-state index is 11.9. The van der Waals surface area contributed by atoms with Gasteiger partial charge in [-0.15, -0.1) is 0 Å². The number of nitrogens with one attached hydrogen (secondary N) is 2. The topological polar surface area (TPSA) is 68.8 Å². The van der Waals surface area contributed by atoms with Crippen LogP contribution in [-0.4, -0.2) is 45.4 Å². The van der Waals surface area contributed by atoms with Crippen molar-refractivity contribution in [1.82, 2.24) is 5.32 Å². The molecular formula is C15H22N2O4. The van der Waals surface area contributed by atoms with Crippen molar-refractivity contribution in [3.8, 4) is 11.5 Å². The Bertz CT molecular complexity index is 479. The Morgan fingerprint density at radius 3 is 2.81 bits per heavy atom. The van der Waals surface area contributed by atoms with Gasteiger partial charge in [0.05, 0.1) is 13.2 Å². The molecule has 1 aromatic rings. The number of benzene rings is 1. The number of rotatable bonds is 7. The second-order valence-corrected chi connectivity index (χ2v) is 4.85. The molecule has 0 fully saturated rings. The molecule has 2 N–H and O–H groups in total. The van der Waals surface area contributed by atoms with E-state index in [9.17, 15) is 4.79 Å². The third-order valence-electron chi connectivity index (χ3n) is 3.24. The summed E-state index contributed by atoms with van der Waals surface area (Å²) in [6.07, 6.45) is 0.908. The van der Waals surface area contributed by atoms with Crippen LogP contribution in [0.1, 0.15) is 13.3 Å². The van der Waals surface area contributed by atoms with Gasteiger partial charge in [-0.2, -0.15) is 0 Å². The summed E-state index contributed by atoms with van der Waals surface area (Å²) >= 11 is 0. The highest BCUT2D eigenvalue weighted by molar-refractivity contribution is 5.92. The Labute approximate surface area is 124 Å².